The number of hydrogen-bond acceptors (Lipinski definition) is 3. The largest absolute Gasteiger partial charge is 0.375 e. The van der Waals surface area contributed by atoms with Crippen LogP contribution in [-0.2, 0) is 11.3 Å². The Bertz CT molecular complexity index is 350. The molecule has 0 aliphatic rings. The molecule has 0 radical (unpaired) electrons. The lowest BCUT2D eigenvalue weighted by molar-refractivity contribution is 0.1000. The Balaban J connectivity index is 2.70. The van der Waals surface area contributed by atoms with E-state index in [9.17, 15) is 4.79 Å². The molecule has 1 aromatic carbocycles. The lowest BCUT2D eigenvalue weighted by atomic mass is 10.1. The average Bonchev–Trinajstić information content (AvgIpc) is 2.20. The molecule has 4 heteroatoms. The van der Waals surface area contributed by atoms with Crippen molar-refractivity contribution in [3.8, 4) is 0 Å². The highest BCUT2D eigenvalue weighted by Gasteiger charge is 2.03. The van der Waals surface area contributed by atoms with Crippen molar-refractivity contribution in [2.75, 3.05) is 13.2 Å². The molecule has 0 atom stereocenters. The maximum absolute atomic E-state index is 10.9. The number of carbonyl (C=O) groups excluding carboxylic acids is 1. The first-order valence-corrected chi connectivity index (χ1v) is 4.82. The molecule has 15 heavy (non-hydrogen) atoms. The summed E-state index contributed by atoms with van der Waals surface area (Å²) >= 11 is 0. The van der Waals surface area contributed by atoms with Crippen LogP contribution in [0.2, 0.25) is 0 Å². The van der Waals surface area contributed by atoms with Crippen LogP contribution in [0.4, 0.5) is 0 Å². The minimum Gasteiger partial charge on any atom is -0.375 e. The zero-order valence-corrected chi connectivity index (χ0v) is 8.82. The van der Waals surface area contributed by atoms with Crippen LogP contribution in [0.15, 0.2) is 18.2 Å². The van der Waals surface area contributed by atoms with Crippen LogP contribution in [0.5, 0.6) is 0 Å². The fourth-order valence-electron chi connectivity index (χ4n) is 1.28. The highest BCUT2D eigenvalue weighted by Crippen LogP contribution is 2.11. The van der Waals surface area contributed by atoms with Crippen molar-refractivity contribution in [1.29, 1.82) is 0 Å². The van der Waals surface area contributed by atoms with Crippen molar-refractivity contribution < 1.29 is 9.53 Å². The summed E-state index contributed by atoms with van der Waals surface area (Å²) in [4.78, 5) is 10.9. The number of amides is 1. The van der Waals surface area contributed by atoms with E-state index in [2.05, 4.69) is 0 Å². The molecule has 0 bridgehead atoms. The third-order valence-corrected chi connectivity index (χ3v) is 2.15. The summed E-state index contributed by atoms with van der Waals surface area (Å²) in [5.74, 6) is -0.410. The zero-order valence-electron chi connectivity index (χ0n) is 8.82. The second-order valence-electron chi connectivity index (χ2n) is 3.35. The van der Waals surface area contributed by atoms with E-state index in [0.29, 0.717) is 25.3 Å². The third kappa shape index (κ3) is 3.34. The molecule has 0 aliphatic heterocycles. The predicted molar refractivity (Wildman–Crippen MR) is 58.4 cm³/mol. The minimum absolute atomic E-state index is 0.410. The molecular weight excluding hydrogens is 192 g/mol. The van der Waals surface area contributed by atoms with E-state index in [1.54, 1.807) is 12.1 Å². The zero-order chi connectivity index (χ0) is 11.3. The van der Waals surface area contributed by atoms with Gasteiger partial charge >= 0.3 is 0 Å². The summed E-state index contributed by atoms with van der Waals surface area (Å²) in [5.41, 5.74) is 13.1. The van der Waals surface area contributed by atoms with Gasteiger partial charge in [-0.05, 0) is 30.2 Å². The van der Waals surface area contributed by atoms with E-state index in [-0.39, 0.29) is 0 Å². The van der Waals surface area contributed by atoms with Crippen LogP contribution in [0.1, 0.15) is 21.5 Å². The van der Waals surface area contributed by atoms with Gasteiger partial charge in [0.2, 0.25) is 5.91 Å². The van der Waals surface area contributed by atoms with Crippen molar-refractivity contribution in [3.05, 3.63) is 34.9 Å². The number of nitrogens with two attached hydrogens (primary N) is 2. The molecule has 0 saturated carbocycles. The Morgan fingerprint density at radius 3 is 2.73 bits per heavy atom. The van der Waals surface area contributed by atoms with Gasteiger partial charge in [0.25, 0.3) is 0 Å². The molecule has 4 nitrogen and oxygen atoms in total. The highest BCUT2D eigenvalue weighted by atomic mass is 16.5. The van der Waals surface area contributed by atoms with Gasteiger partial charge in [-0.1, -0.05) is 6.07 Å². The topological polar surface area (TPSA) is 78.3 Å². The molecule has 0 saturated heterocycles. The Labute approximate surface area is 89.2 Å². The van der Waals surface area contributed by atoms with Crippen molar-refractivity contribution in [2.24, 2.45) is 11.5 Å². The van der Waals surface area contributed by atoms with E-state index in [0.717, 1.165) is 11.1 Å². The number of aryl methyl sites for hydroxylation is 1. The van der Waals surface area contributed by atoms with Crippen molar-refractivity contribution in [1.82, 2.24) is 0 Å². The Morgan fingerprint density at radius 1 is 1.47 bits per heavy atom. The van der Waals surface area contributed by atoms with Gasteiger partial charge in [-0.2, -0.15) is 0 Å². The van der Waals surface area contributed by atoms with Gasteiger partial charge in [0.05, 0.1) is 13.2 Å². The van der Waals surface area contributed by atoms with Crippen LogP contribution in [-0.4, -0.2) is 19.1 Å². The van der Waals surface area contributed by atoms with Gasteiger partial charge in [0.1, 0.15) is 0 Å². The quantitative estimate of drug-likeness (QED) is 0.694. The maximum atomic E-state index is 10.9. The van der Waals surface area contributed by atoms with Crippen LogP contribution in [0.3, 0.4) is 0 Å². The molecule has 0 spiro atoms. The summed E-state index contributed by atoms with van der Waals surface area (Å²) < 4.78 is 5.31. The fourth-order valence-corrected chi connectivity index (χ4v) is 1.28. The van der Waals surface area contributed by atoms with Gasteiger partial charge in [-0.3, -0.25) is 4.79 Å². The summed E-state index contributed by atoms with van der Waals surface area (Å²) in [6.45, 7) is 3.49. The normalized spacial score (nSPS) is 10.3. The number of primary amides is 1. The molecule has 0 aliphatic carbocycles. The number of carbonyl (C=O) groups is 1. The Kier molecular flexibility index (Phi) is 4.27. The van der Waals surface area contributed by atoms with Gasteiger partial charge in [-0.15, -0.1) is 0 Å². The molecular formula is C11H16N2O2. The van der Waals surface area contributed by atoms with E-state index in [4.69, 9.17) is 16.2 Å². The first-order valence-electron chi connectivity index (χ1n) is 4.82. The molecule has 1 aromatic rings. The van der Waals surface area contributed by atoms with Gasteiger partial charge < -0.3 is 16.2 Å². The van der Waals surface area contributed by atoms with Gasteiger partial charge in [-0.25, -0.2) is 0 Å². The van der Waals surface area contributed by atoms with Gasteiger partial charge in [0.15, 0.2) is 0 Å². The van der Waals surface area contributed by atoms with Crippen molar-refractivity contribution in [2.45, 2.75) is 13.5 Å². The lowest BCUT2D eigenvalue weighted by Gasteiger charge is -2.07. The minimum atomic E-state index is -0.410. The predicted octanol–water partition coefficient (Wildman–Crippen LogP) is 0.569. The van der Waals surface area contributed by atoms with Crippen LogP contribution >= 0.6 is 0 Å². The van der Waals surface area contributed by atoms with E-state index >= 15 is 0 Å². The van der Waals surface area contributed by atoms with E-state index in [1.165, 1.54) is 0 Å². The number of benzene rings is 1. The molecule has 0 fully saturated rings. The lowest BCUT2D eigenvalue weighted by Crippen LogP contribution is -2.12. The molecule has 0 heterocycles. The molecule has 4 N–H and O–H groups in total. The van der Waals surface area contributed by atoms with Crippen molar-refractivity contribution in [3.63, 3.8) is 0 Å². The summed E-state index contributed by atoms with van der Waals surface area (Å²) in [7, 11) is 0. The second-order valence-corrected chi connectivity index (χ2v) is 3.35. The molecule has 0 aromatic heterocycles. The molecule has 1 amide bonds. The van der Waals surface area contributed by atoms with Crippen LogP contribution < -0.4 is 11.5 Å². The first kappa shape index (κ1) is 11.7. The first-order chi connectivity index (χ1) is 7.15. The highest BCUT2D eigenvalue weighted by molar-refractivity contribution is 5.93. The smallest absolute Gasteiger partial charge is 0.248 e. The number of hydrogen-bond donors (Lipinski definition) is 2. The monoisotopic (exact) mass is 208 g/mol. The van der Waals surface area contributed by atoms with E-state index < -0.39 is 5.91 Å². The van der Waals surface area contributed by atoms with Crippen molar-refractivity contribution >= 4 is 5.91 Å². The standard InChI is InChI=1S/C11H16N2O2/c1-8-6-9(11(13)14)2-3-10(8)7-15-5-4-12/h2-3,6H,4-5,7,12H2,1H3,(H2,13,14). The van der Waals surface area contributed by atoms with Crippen LogP contribution in [0, 0.1) is 6.92 Å². The van der Waals surface area contributed by atoms with E-state index in [1.807, 2.05) is 13.0 Å². The van der Waals surface area contributed by atoms with Crippen LogP contribution in [0.25, 0.3) is 0 Å². The third-order valence-electron chi connectivity index (χ3n) is 2.15. The summed E-state index contributed by atoms with van der Waals surface area (Å²) in [6.07, 6.45) is 0. The SMILES string of the molecule is Cc1cc(C(N)=O)ccc1COCCN. The average molecular weight is 208 g/mol. The number of ether oxygens (including phenoxy) is 1. The second kappa shape index (κ2) is 5.48. The Hall–Kier alpha value is -1.39. The van der Waals surface area contributed by atoms with Gasteiger partial charge in [0, 0.05) is 12.1 Å². The molecule has 82 valence electrons. The molecule has 0 unspecified atom stereocenters. The summed E-state index contributed by atoms with van der Waals surface area (Å²) in [6, 6.07) is 5.33. The fraction of sp³-hybridized carbons (Fsp3) is 0.364. The Morgan fingerprint density at radius 2 is 2.20 bits per heavy atom. The summed E-state index contributed by atoms with van der Waals surface area (Å²) in [5, 5.41) is 0. The molecule has 1 rings (SSSR count). The number of rotatable bonds is 5. The maximum Gasteiger partial charge on any atom is 0.248 e.